The fourth-order valence-electron chi connectivity index (χ4n) is 1.61. The molecule has 0 saturated heterocycles. The molecule has 84 valence electrons. The van der Waals surface area contributed by atoms with Crippen molar-refractivity contribution in [3.8, 4) is 10.6 Å². The van der Waals surface area contributed by atoms with E-state index < -0.39 is 0 Å². The molecule has 0 fully saturated rings. The minimum absolute atomic E-state index is 0.362. The maximum Gasteiger partial charge on any atom is 0.151 e. The highest BCUT2D eigenvalue weighted by Crippen LogP contribution is 2.32. The summed E-state index contributed by atoms with van der Waals surface area (Å²) >= 11 is 1.42. The van der Waals surface area contributed by atoms with Crippen LogP contribution in [0.15, 0.2) is 36.7 Å². The number of hydrogen-bond acceptors (Lipinski definition) is 4. The molecule has 3 aromatic rings. The third kappa shape index (κ3) is 1.74. The van der Waals surface area contributed by atoms with Crippen molar-refractivity contribution < 1.29 is 4.39 Å². The van der Waals surface area contributed by atoms with Gasteiger partial charge in [0.2, 0.25) is 0 Å². The van der Waals surface area contributed by atoms with Crippen molar-refractivity contribution in [2.24, 2.45) is 0 Å². The molecule has 1 aromatic carbocycles. The van der Waals surface area contributed by atoms with E-state index in [1.54, 1.807) is 18.3 Å². The molecule has 3 rings (SSSR count). The molecular formula is C12H8FN3S. The number of benzene rings is 1. The van der Waals surface area contributed by atoms with Gasteiger partial charge in [-0.05, 0) is 24.3 Å². The number of pyridine rings is 1. The van der Waals surface area contributed by atoms with E-state index >= 15 is 0 Å². The van der Waals surface area contributed by atoms with Gasteiger partial charge in [-0.15, -0.1) is 11.3 Å². The summed E-state index contributed by atoms with van der Waals surface area (Å²) in [5.74, 6) is -0.362. The molecule has 3 nitrogen and oxygen atoms in total. The van der Waals surface area contributed by atoms with Gasteiger partial charge in [-0.25, -0.2) is 9.37 Å². The lowest BCUT2D eigenvalue weighted by Crippen LogP contribution is -1.84. The van der Waals surface area contributed by atoms with E-state index in [-0.39, 0.29) is 5.82 Å². The highest BCUT2D eigenvalue weighted by molar-refractivity contribution is 7.21. The summed E-state index contributed by atoms with van der Waals surface area (Å²) < 4.78 is 14.5. The molecule has 0 radical (unpaired) electrons. The molecule has 2 heterocycles. The highest BCUT2D eigenvalue weighted by Gasteiger charge is 2.10. The third-order valence-corrected chi connectivity index (χ3v) is 3.47. The number of fused-ring (bicyclic) bond motifs is 1. The van der Waals surface area contributed by atoms with E-state index in [4.69, 9.17) is 5.73 Å². The maximum atomic E-state index is 13.6. The zero-order valence-corrected chi connectivity index (χ0v) is 9.54. The van der Waals surface area contributed by atoms with Crippen LogP contribution < -0.4 is 5.73 Å². The van der Waals surface area contributed by atoms with Gasteiger partial charge in [-0.3, -0.25) is 4.98 Å². The molecule has 0 aliphatic heterocycles. The van der Waals surface area contributed by atoms with Crippen molar-refractivity contribution in [3.63, 3.8) is 0 Å². The lowest BCUT2D eigenvalue weighted by molar-refractivity contribution is 0.625. The van der Waals surface area contributed by atoms with Crippen molar-refractivity contribution in [2.45, 2.75) is 0 Å². The summed E-state index contributed by atoms with van der Waals surface area (Å²) in [6, 6.07) is 7.09. The first-order valence-electron chi connectivity index (χ1n) is 5.00. The fraction of sp³-hybridized carbons (Fsp3) is 0. The van der Waals surface area contributed by atoms with Gasteiger partial charge in [0.15, 0.2) is 5.82 Å². The number of halogens is 1. The first-order chi connectivity index (χ1) is 8.24. The molecule has 0 aliphatic rings. The van der Waals surface area contributed by atoms with Gasteiger partial charge in [-0.1, -0.05) is 0 Å². The first kappa shape index (κ1) is 10.2. The highest BCUT2D eigenvalue weighted by atomic mass is 32.1. The molecule has 2 N–H and O–H groups in total. The summed E-state index contributed by atoms with van der Waals surface area (Å²) in [7, 11) is 0. The van der Waals surface area contributed by atoms with Gasteiger partial charge in [0.25, 0.3) is 0 Å². The van der Waals surface area contributed by atoms with Crippen LogP contribution in [-0.2, 0) is 0 Å². The Morgan fingerprint density at radius 2 is 2.12 bits per heavy atom. The van der Waals surface area contributed by atoms with Gasteiger partial charge in [-0.2, -0.15) is 0 Å². The second-order valence-electron chi connectivity index (χ2n) is 3.60. The van der Waals surface area contributed by atoms with Crippen LogP contribution in [0.25, 0.3) is 20.8 Å². The Labute approximate surface area is 101 Å². The number of aromatic nitrogens is 2. The number of anilines is 1. The first-order valence-corrected chi connectivity index (χ1v) is 5.81. The molecule has 0 bridgehead atoms. The van der Waals surface area contributed by atoms with Crippen LogP contribution in [0.2, 0.25) is 0 Å². The molecular weight excluding hydrogens is 237 g/mol. The van der Waals surface area contributed by atoms with E-state index in [1.807, 2.05) is 12.1 Å². The zero-order chi connectivity index (χ0) is 11.8. The summed E-state index contributed by atoms with van der Waals surface area (Å²) in [5.41, 5.74) is 7.68. The van der Waals surface area contributed by atoms with Crippen molar-refractivity contribution in [1.29, 1.82) is 0 Å². The average molecular weight is 245 g/mol. The Morgan fingerprint density at radius 1 is 1.24 bits per heavy atom. The Hall–Kier alpha value is -2.01. The zero-order valence-electron chi connectivity index (χ0n) is 8.72. The molecule has 0 atom stereocenters. The Morgan fingerprint density at radius 3 is 2.94 bits per heavy atom. The van der Waals surface area contributed by atoms with E-state index in [0.29, 0.717) is 16.3 Å². The SMILES string of the molecule is Nc1ccc2nc(-c3ccncc3F)sc2c1. The van der Waals surface area contributed by atoms with Crippen molar-refractivity contribution in [1.82, 2.24) is 9.97 Å². The average Bonchev–Trinajstić information content (AvgIpc) is 2.72. The van der Waals surface area contributed by atoms with Crippen molar-refractivity contribution in [3.05, 3.63) is 42.5 Å². The van der Waals surface area contributed by atoms with Crippen LogP contribution in [-0.4, -0.2) is 9.97 Å². The van der Waals surface area contributed by atoms with Gasteiger partial charge in [0, 0.05) is 17.4 Å². The minimum atomic E-state index is -0.362. The van der Waals surface area contributed by atoms with Gasteiger partial charge in [0.1, 0.15) is 5.01 Å². The normalized spacial score (nSPS) is 10.9. The van der Waals surface area contributed by atoms with E-state index in [2.05, 4.69) is 9.97 Å². The van der Waals surface area contributed by atoms with Crippen LogP contribution in [0.1, 0.15) is 0 Å². The van der Waals surface area contributed by atoms with E-state index in [0.717, 1.165) is 10.2 Å². The number of rotatable bonds is 1. The molecule has 0 aliphatic carbocycles. The molecule has 0 saturated carbocycles. The predicted molar refractivity (Wildman–Crippen MR) is 67.2 cm³/mol. The summed E-state index contributed by atoms with van der Waals surface area (Å²) in [6.07, 6.45) is 2.74. The third-order valence-electron chi connectivity index (χ3n) is 2.42. The van der Waals surface area contributed by atoms with Gasteiger partial charge in [0.05, 0.1) is 16.4 Å². The molecule has 0 amide bonds. The van der Waals surface area contributed by atoms with Crippen LogP contribution in [0, 0.1) is 5.82 Å². The Kier molecular flexibility index (Phi) is 2.26. The molecule has 5 heteroatoms. The number of thiazole rings is 1. The van der Waals surface area contributed by atoms with Crippen LogP contribution in [0.4, 0.5) is 10.1 Å². The summed E-state index contributed by atoms with van der Waals surface area (Å²) in [6.45, 7) is 0. The standard InChI is InChI=1S/C12H8FN3S/c13-9-6-15-4-3-8(9)12-16-10-2-1-7(14)5-11(10)17-12/h1-6H,14H2. The number of nitrogens with zero attached hydrogens (tertiary/aromatic N) is 2. The van der Waals surface area contributed by atoms with Gasteiger partial charge < -0.3 is 5.73 Å². The summed E-state index contributed by atoms with van der Waals surface area (Å²) in [4.78, 5) is 8.10. The fourth-order valence-corrected chi connectivity index (χ4v) is 2.65. The van der Waals surface area contributed by atoms with Crippen molar-refractivity contribution >= 4 is 27.2 Å². The Balaban J connectivity index is 2.22. The van der Waals surface area contributed by atoms with E-state index in [9.17, 15) is 4.39 Å². The van der Waals surface area contributed by atoms with Crippen LogP contribution in [0.3, 0.4) is 0 Å². The number of nitrogen functional groups attached to an aromatic ring is 1. The molecule has 0 unspecified atom stereocenters. The van der Waals surface area contributed by atoms with Crippen LogP contribution >= 0.6 is 11.3 Å². The second-order valence-corrected chi connectivity index (χ2v) is 4.63. The molecule has 0 spiro atoms. The summed E-state index contributed by atoms with van der Waals surface area (Å²) in [5, 5.41) is 0.644. The van der Waals surface area contributed by atoms with Gasteiger partial charge >= 0.3 is 0 Å². The monoisotopic (exact) mass is 245 g/mol. The topological polar surface area (TPSA) is 51.8 Å². The lowest BCUT2D eigenvalue weighted by atomic mass is 10.2. The predicted octanol–water partition coefficient (Wildman–Crippen LogP) is 3.08. The second kappa shape index (κ2) is 3.78. The molecule has 17 heavy (non-hydrogen) atoms. The van der Waals surface area contributed by atoms with Crippen LogP contribution in [0.5, 0.6) is 0 Å². The number of hydrogen-bond donors (Lipinski definition) is 1. The van der Waals surface area contributed by atoms with Crippen molar-refractivity contribution in [2.75, 3.05) is 5.73 Å². The quantitative estimate of drug-likeness (QED) is 0.670. The smallest absolute Gasteiger partial charge is 0.151 e. The minimum Gasteiger partial charge on any atom is -0.399 e. The Bertz CT molecular complexity index is 693. The molecule has 2 aromatic heterocycles. The number of nitrogens with two attached hydrogens (primary N) is 1. The largest absolute Gasteiger partial charge is 0.399 e. The van der Waals surface area contributed by atoms with E-state index in [1.165, 1.54) is 17.5 Å². The lowest BCUT2D eigenvalue weighted by Gasteiger charge is -1.95. The maximum absolute atomic E-state index is 13.6.